The van der Waals surface area contributed by atoms with Crippen LogP contribution in [0.4, 0.5) is 5.69 Å². The SMILES string of the molecule is COc1cc(Br)c(C(=O)c2cccc(C)c2N)c(OC)c1. The van der Waals surface area contributed by atoms with Gasteiger partial charge in [-0.25, -0.2) is 0 Å². The van der Waals surface area contributed by atoms with E-state index in [2.05, 4.69) is 15.9 Å². The Balaban J connectivity index is 2.60. The van der Waals surface area contributed by atoms with E-state index in [4.69, 9.17) is 15.2 Å². The van der Waals surface area contributed by atoms with Crippen LogP contribution >= 0.6 is 15.9 Å². The summed E-state index contributed by atoms with van der Waals surface area (Å²) >= 11 is 3.40. The third-order valence-electron chi connectivity index (χ3n) is 3.28. The lowest BCUT2D eigenvalue weighted by atomic mass is 9.98. The van der Waals surface area contributed by atoms with E-state index < -0.39 is 0 Å². The van der Waals surface area contributed by atoms with E-state index in [-0.39, 0.29) is 5.78 Å². The summed E-state index contributed by atoms with van der Waals surface area (Å²) in [6.45, 7) is 1.87. The number of rotatable bonds is 4. The Hall–Kier alpha value is -2.01. The van der Waals surface area contributed by atoms with Gasteiger partial charge in [0.1, 0.15) is 11.5 Å². The Morgan fingerprint density at radius 1 is 1.19 bits per heavy atom. The zero-order valence-corrected chi connectivity index (χ0v) is 13.7. The number of halogens is 1. The van der Waals surface area contributed by atoms with Gasteiger partial charge < -0.3 is 15.2 Å². The quantitative estimate of drug-likeness (QED) is 0.676. The highest BCUT2D eigenvalue weighted by molar-refractivity contribution is 9.10. The molecule has 0 saturated carbocycles. The van der Waals surface area contributed by atoms with Crippen LogP contribution in [0.3, 0.4) is 0 Å². The van der Waals surface area contributed by atoms with Gasteiger partial charge in [0, 0.05) is 21.8 Å². The number of ether oxygens (including phenoxy) is 2. The van der Waals surface area contributed by atoms with Gasteiger partial charge in [0.25, 0.3) is 0 Å². The number of hydrogen-bond donors (Lipinski definition) is 1. The van der Waals surface area contributed by atoms with Gasteiger partial charge in [0.15, 0.2) is 5.78 Å². The zero-order chi connectivity index (χ0) is 15.6. The smallest absolute Gasteiger partial charge is 0.199 e. The summed E-state index contributed by atoms with van der Waals surface area (Å²) in [7, 11) is 3.07. The molecule has 0 heterocycles. The number of carbonyl (C=O) groups is 1. The molecule has 21 heavy (non-hydrogen) atoms. The average Bonchev–Trinajstić information content (AvgIpc) is 2.48. The largest absolute Gasteiger partial charge is 0.497 e. The summed E-state index contributed by atoms with van der Waals surface area (Å²) in [4.78, 5) is 12.8. The van der Waals surface area contributed by atoms with E-state index >= 15 is 0 Å². The van der Waals surface area contributed by atoms with E-state index in [1.54, 1.807) is 25.3 Å². The molecule has 0 aliphatic heterocycles. The lowest BCUT2D eigenvalue weighted by Gasteiger charge is -2.13. The fraction of sp³-hybridized carbons (Fsp3) is 0.188. The Labute approximate surface area is 132 Å². The predicted molar refractivity (Wildman–Crippen MR) is 86.3 cm³/mol. The van der Waals surface area contributed by atoms with Gasteiger partial charge in [-0.1, -0.05) is 12.1 Å². The maximum absolute atomic E-state index is 12.8. The topological polar surface area (TPSA) is 61.5 Å². The summed E-state index contributed by atoms with van der Waals surface area (Å²) in [5.74, 6) is 0.849. The first kappa shape index (κ1) is 15.4. The van der Waals surface area contributed by atoms with Crippen LogP contribution in [0.15, 0.2) is 34.8 Å². The summed E-state index contributed by atoms with van der Waals surface area (Å²) < 4.78 is 11.1. The molecule has 0 unspecified atom stereocenters. The van der Waals surface area contributed by atoms with E-state index in [0.29, 0.717) is 32.8 Å². The van der Waals surface area contributed by atoms with E-state index in [1.807, 2.05) is 19.1 Å². The first-order valence-corrected chi connectivity index (χ1v) is 7.10. The van der Waals surface area contributed by atoms with Crippen molar-refractivity contribution in [2.75, 3.05) is 20.0 Å². The van der Waals surface area contributed by atoms with Crippen LogP contribution in [0.5, 0.6) is 11.5 Å². The maximum Gasteiger partial charge on any atom is 0.199 e. The number of benzene rings is 2. The highest BCUT2D eigenvalue weighted by Gasteiger charge is 2.21. The molecule has 0 aliphatic carbocycles. The van der Waals surface area contributed by atoms with Crippen molar-refractivity contribution in [3.05, 3.63) is 51.5 Å². The van der Waals surface area contributed by atoms with Crippen molar-refractivity contribution in [2.24, 2.45) is 0 Å². The molecule has 0 amide bonds. The van der Waals surface area contributed by atoms with Crippen molar-refractivity contribution < 1.29 is 14.3 Å². The minimum absolute atomic E-state index is 0.192. The summed E-state index contributed by atoms with van der Waals surface area (Å²) in [6, 6.07) is 8.78. The highest BCUT2D eigenvalue weighted by Crippen LogP contribution is 2.35. The Kier molecular flexibility index (Phi) is 4.53. The number of nitrogens with two attached hydrogens (primary N) is 1. The molecule has 5 heteroatoms. The third-order valence-corrected chi connectivity index (χ3v) is 3.90. The Morgan fingerprint density at radius 2 is 1.90 bits per heavy atom. The van der Waals surface area contributed by atoms with Crippen molar-refractivity contribution in [2.45, 2.75) is 6.92 Å². The zero-order valence-electron chi connectivity index (χ0n) is 12.1. The molecule has 0 aliphatic rings. The Morgan fingerprint density at radius 3 is 2.52 bits per heavy atom. The van der Waals surface area contributed by atoms with Crippen LogP contribution in [-0.2, 0) is 0 Å². The summed E-state index contributed by atoms with van der Waals surface area (Å²) in [5.41, 5.74) is 8.25. The molecule has 0 spiro atoms. The molecule has 0 fully saturated rings. The molecule has 0 radical (unpaired) electrons. The molecule has 0 saturated heterocycles. The summed E-state index contributed by atoms with van der Waals surface area (Å²) in [6.07, 6.45) is 0. The molecule has 2 rings (SSSR count). The van der Waals surface area contributed by atoms with Gasteiger partial charge in [-0.3, -0.25) is 4.79 Å². The molecular weight excluding hydrogens is 334 g/mol. The maximum atomic E-state index is 12.8. The number of methoxy groups -OCH3 is 2. The number of hydrogen-bond acceptors (Lipinski definition) is 4. The standard InChI is InChI=1S/C16H16BrNO3/c1-9-5-4-6-11(15(9)18)16(19)14-12(17)7-10(20-2)8-13(14)21-3/h4-8H,18H2,1-3H3. The Bertz CT molecular complexity index is 698. The summed E-state index contributed by atoms with van der Waals surface area (Å²) in [5, 5.41) is 0. The first-order valence-electron chi connectivity index (χ1n) is 6.31. The molecule has 0 aromatic heterocycles. The van der Waals surface area contributed by atoms with Crippen molar-refractivity contribution in [1.82, 2.24) is 0 Å². The highest BCUT2D eigenvalue weighted by atomic mass is 79.9. The van der Waals surface area contributed by atoms with Crippen molar-refractivity contribution >= 4 is 27.4 Å². The second-order valence-electron chi connectivity index (χ2n) is 4.55. The average molecular weight is 350 g/mol. The van der Waals surface area contributed by atoms with E-state index in [0.717, 1.165) is 5.56 Å². The molecule has 0 atom stereocenters. The number of ketones is 1. The van der Waals surface area contributed by atoms with Crippen LogP contribution in [0.2, 0.25) is 0 Å². The molecule has 4 nitrogen and oxygen atoms in total. The number of para-hydroxylation sites is 1. The number of anilines is 1. The molecule has 2 aromatic rings. The first-order chi connectivity index (χ1) is 9.99. The van der Waals surface area contributed by atoms with Crippen LogP contribution in [-0.4, -0.2) is 20.0 Å². The van der Waals surface area contributed by atoms with Crippen LogP contribution in [0.25, 0.3) is 0 Å². The molecule has 110 valence electrons. The van der Waals surface area contributed by atoms with Crippen LogP contribution in [0.1, 0.15) is 21.5 Å². The fourth-order valence-electron chi connectivity index (χ4n) is 2.07. The normalized spacial score (nSPS) is 10.3. The minimum Gasteiger partial charge on any atom is -0.497 e. The van der Waals surface area contributed by atoms with Gasteiger partial charge in [-0.2, -0.15) is 0 Å². The number of aryl methyl sites for hydroxylation is 1. The number of nitrogen functional groups attached to an aromatic ring is 1. The lowest BCUT2D eigenvalue weighted by molar-refractivity contribution is 0.103. The van der Waals surface area contributed by atoms with Gasteiger partial charge in [0.05, 0.1) is 19.8 Å². The predicted octanol–water partition coefficient (Wildman–Crippen LogP) is 3.59. The van der Waals surface area contributed by atoms with Crippen LogP contribution in [0, 0.1) is 6.92 Å². The fourth-order valence-corrected chi connectivity index (χ4v) is 2.67. The monoisotopic (exact) mass is 349 g/mol. The van der Waals surface area contributed by atoms with Crippen molar-refractivity contribution in [3.8, 4) is 11.5 Å². The molecular formula is C16H16BrNO3. The van der Waals surface area contributed by atoms with Gasteiger partial charge in [-0.05, 0) is 40.5 Å². The van der Waals surface area contributed by atoms with Gasteiger partial charge in [0.2, 0.25) is 0 Å². The second-order valence-corrected chi connectivity index (χ2v) is 5.41. The molecule has 0 bridgehead atoms. The van der Waals surface area contributed by atoms with E-state index in [1.165, 1.54) is 7.11 Å². The molecule has 2 N–H and O–H groups in total. The molecule has 2 aromatic carbocycles. The van der Waals surface area contributed by atoms with Crippen molar-refractivity contribution in [1.29, 1.82) is 0 Å². The number of carbonyl (C=O) groups excluding carboxylic acids is 1. The lowest BCUT2D eigenvalue weighted by Crippen LogP contribution is -2.09. The second kappa shape index (κ2) is 6.18. The third kappa shape index (κ3) is 2.88. The minimum atomic E-state index is -0.192. The van der Waals surface area contributed by atoms with Crippen LogP contribution < -0.4 is 15.2 Å². The van der Waals surface area contributed by atoms with E-state index in [9.17, 15) is 4.79 Å². The van der Waals surface area contributed by atoms with Gasteiger partial charge in [-0.15, -0.1) is 0 Å². The van der Waals surface area contributed by atoms with Gasteiger partial charge >= 0.3 is 0 Å². The van der Waals surface area contributed by atoms with Crippen molar-refractivity contribution in [3.63, 3.8) is 0 Å².